The molecule has 176 valence electrons. The van der Waals surface area contributed by atoms with Crippen molar-refractivity contribution < 1.29 is 27.4 Å². The third-order valence-electron chi connectivity index (χ3n) is 5.21. The zero-order valence-electron chi connectivity index (χ0n) is 18.9. The highest BCUT2D eigenvalue weighted by Crippen LogP contribution is 2.31. The maximum Gasteiger partial charge on any atom is 0.416 e. The summed E-state index contributed by atoms with van der Waals surface area (Å²) in [5.41, 5.74) is 2.26. The van der Waals surface area contributed by atoms with E-state index >= 15 is 0 Å². The minimum absolute atomic E-state index is 0.0603. The van der Waals surface area contributed by atoms with Crippen molar-refractivity contribution in [2.75, 3.05) is 13.7 Å². The van der Waals surface area contributed by atoms with E-state index in [0.29, 0.717) is 47.3 Å². The lowest BCUT2D eigenvalue weighted by Crippen LogP contribution is -2.25. The van der Waals surface area contributed by atoms with Gasteiger partial charge in [0.05, 0.1) is 37.1 Å². The highest BCUT2D eigenvalue weighted by molar-refractivity contribution is 5.79. The number of alkyl halides is 3. The van der Waals surface area contributed by atoms with E-state index < -0.39 is 11.7 Å². The number of nitrogens with one attached hydrogen (secondary N) is 1. The van der Waals surface area contributed by atoms with Crippen LogP contribution in [0.4, 0.5) is 13.2 Å². The lowest BCUT2D eigenvalue weighted by Gasteiger charge is -2.12. The van der Waals surface area contributed by atoms with E-state index in [0.717, 1.165) is 17.7 Å². The maximum atomic E-state index is 13.1. The second-order valence-corrected chi connectivity index (χ2v) is 7.48. The van der Waals surface area contributed by atoms with Gasteiger partial charge in [0, 0.05) is 17.8 Å². The van der Waals surface area contributed by atoms with Crippen LogP contribution in [0.2, 0.25) is 0 Å². The molecule has 1 N–H and O–H groups in total. The van der Waals surface area contributed by atoms with E-state index in [9.17, 15) is 18.0 Å². The van der Waals surface area contributed by atoms with Gasteiger partial charge in [-0.2, -0.15) is 18.3 Å². The number of aryl methyl sites for hydroxylation is 1. The molecule has 0 bridgehead atoms. The average molecular weight is 461 g/mol. The molecule has 33 heavy (non-hydrogen) atoms. The van der Waals surface area contributed by atoms with Crippen LogP contribution in [0.3, 0.4) is 0 Å². The Labute approximate surface area is 190 Å². The van der Waals surface area contributed by atoms with Crippen LogP contribution in [0, 0.1) is 13.8 Å². The second-order valence-electron chi connectivity index (χ2n) is 7.48. The first-order chi connectivity index (χ1) is 15.6. The predicted molar refractivity (Wildman–Crippen MR) is 118 cm³/mol. The summed E-state index contributed by atoms with van der Waals surface area (Å²) in [6.07, 6.45) is -4.39. The van der Waals surface area contributed by atoms with E-state index in [1.165, 1.54) is 10.7 Å². The molecular formula is C24H26F3N3O3. The largest absolute Gasteiger partial charge is 0.493 e. The Morgan fingerprint density at radius 1 is 1.12 bits per heavy atom. The van der Waals surface area contributed by atoms with Crippen LogP contribution in [0.25, 0.3) is 5.69 Å². The Bertz CT molecular complexity index is 1140. The monoisotopic (exact) mass is 461 g/mol. The zero-order valence-corrected chi connectivity index (χ0v) is 18.9. The number of nitrogens with zero attached hydrogens (tertiary/aromatic N) is 2. The van der Waals surface area contributed by atoms with Crippen molar-refractivity contribution in [1.82, 2.24) is 15.1 Å². The highest BCUT2D eigenvalue weighted by atomic mass is 19.4. The van der Waals surface area contributed by atoms with Crippen molar-refractivity contribution in [3.63, 3.8) is 0 Å². The summed E-state index contributed by atoms with van der Waals surface area (Å²) in [5, 5.41) is 7.23. The first-order valence-electron chi connectivity index (χ1n) is 10.4. The van der Waals surface area contributed by atoms with Gasteiger partial charge >= 0.3 is 6.18 Å². The van der Waals surface area contributed by atoms with E-state index in [-0.39, 0.29) is 12.3 Å². The van der Waals surface area contributed by atoms with E-state index in [4.69, 9.17) is 9.47 Å². The van der Waals surface area contributed by atoms with Gasteiger partial charge in [-0.05, 0) is 56.7 Å². The van der Waals surface area contributed by atoms with Gasteiger partial charge < -0.3 is 14.8 Å². The molecule has 0 aliphatic carbocycles. The molecule has 0 saturated heterocycles. The maximum absolute atomic E-state index is 13.1. The molecule has 6 nitrogen and oxygen atoms in total. The number of methoxy groups -OCH3 is 1. The smallest absolute Gasteiger partial charge is 0.416 e. The Morgan fingerprint density at radius 2 is 1.88 bits per heavy atom. The number of halogens is 3. The summed E-state index contributed by atoms with van der Waals surface area (Å²) in [6.45, 7) is 6.16. The third-order valence-corrected chi connectivity index (χ3v) is 5.21. The molecule has 0 unspecified atom stereocenters. The van der Waals surface area contributed by atoms with Crippen LogP contribution in [-0.2, 0) is 23.9 Å². The number of hydrogen-bond donors (Lipinski definition) is 1. The second kappa shape index (κ2) is 9.97. The number of aromatic nitrogens is 2. The van der Waals surface area contributed by atoms with Gasteiger partial charge in [-0.15, -0.1) is 0 Å². The van der Waals surface area contributed by atoms with Crippen LogP contribution in [0.5, 0.6) is 11.5 Å². The van der Waals surface area contributed by atoms with Crippen LogP contribution < -0.4 is 14.8 Å². The van der Waals surface area contributed by atoms with Crippen LogP contribution in [-0.4, -0.2) is 29.4 Å². The lowest BCUT2D eigenvalue weighted by molar-refractivity contribution is -0.137. The summed E-state index contributed by atoms with van der Waals surface area (Å²) in [6, 6.07) is 10.4. The molecular weight excluding hydrogens is 435 g/mol. The molecule has 0 atom stereocenters. The molecule has 1 heterocycles. The number of amides is 1. The van der Waals surface area contributed by atoms with Crippen molar-refractivity contribution in [2.24, 2.45) is 0 Å². The van der Waals surface area contributed by atoms with Crippen LogP contribution in [0.1, 0.15) is 35.0 Å². The number of rotatable bonds is 8. The first kappa shape index (κ1) is 24.2. The molecule has 1 aromatic heterocycles. The minimum atomic E-state index is -4.45. The number of ether oxygens (including phenoxy) is 2. The van der Waals surface area contributed by atoms with Gasteiger partial charge in [0.1, 0.15) is 0 Å². The highest BCUT2D eigenvalue weighted by Gasteiger charge is 2.30. The van der Waals surface area contributed by atoms with Gasteiger partial charge in [-0.3, -0.25) is 4.79 Å². The normalized spacial score (nSPS) is 11.4. The number of carbonyl (C=O) groups excluding carboxylic acids is 1. The van der Waals surface area contributed by atoms with Crippen molar-refractivity contribution in [1.29, 1.82) is 0 Å². The van der Waals surface area contributed by atoms with E-state index in [1.807, 2.05) is 13.0 Å². The molecule has 0 aliphatic rings. The Hall–Kier alpha value is -3.49. The Balaban J connectivity index is 1.72. The number of benzene rings is 2. The quantitative estimate of drug-likeness (QED) is 0.525. The van der Waals surface area contributed by atoms with Crippen LogP contribution in [0.15, 0.2) is 42.5 Å². The molecule has 0 fully saturated rings. The van der Waals surface area contributed by atoms with Crippen molar-refractivity contribution in [3.8, 4) is 17.2 Å². The standard InChI is InChI=1S/C24H26F3N3O3/c1-5-33-21-10-9-17(11-22(21)32-4)14-28-23(31)13-20-15(2)29-30(16(20)3)19-8-6-7-18(12-19)24(25,26)27/h6-12H,5,13-14H2,1-4H3,(H,28,31). The van der Waals surface area contributed by atoms with E-state index in [2.05, 4.69) is 10.4 Å². The Kier molecular flexibility index (Phi) is 7.30. The summed E-state index contributed by atoms with van der Waals surface area (Å²) < 4.78 is 51.5. The van der Waals surface area contributed by atoms with E-state index in [1.54, 1.807) is 39.2 Å². The molecule has 0 aliphatic heterocycles. The molecule has 3 rings (SSSR count). The fraction of sp³-hybridized carbons (Fsp3) is 0.333. The van der Waals surface area contributed by atoms with Gasteiger partial charge in [-0.25, -0.2) is 4.68 Å². The van der Waals surface area contributed by atoms with Crippen molar-refractivity contribution >= 4 is 5.91 Å². The molecule has 3 aromatic rings. The summed E-state index contributed by atoms with van der Waals surface area (Å²) in [7, 11) is 1.55. The molecule has 9 heteroatoms. The molecule has 1 amide bonds. The molecule has 0 saturated carbocycles. The van der Waals surface area contributed by atoms with Crippen LogP contribution >= 0.6 is 0 Å². The number of hydrogen-bond acceptors (Lipinski definition) is 4. The van der Waals surface area contributed by atoms with Crippen molar-refractivity contribution in [2.45, 2.75) is 39.9 Å². The first-order valence-corrected chi connectivity index (χ1v) is 10.4. The fourth-order valence-corrected chi connectivity index (χ4v) is 3.52. The molecule has 0 radical (unpaired) electrons. The SMILES string of the molecule is CCOc1ccc(CNC(=O)Cc2c(C)nn(-c3cccc(C(F)(F)F)c3)c2C)cc1OC. The Morgan fingerprint density at radius 3 is 2.55 bits per heavy atom. The zero-order chi connectivity index (χ0) is 24.2. The summed E-state index contributed by atoms with van der Waals surface area (Å²) in [4.78, 5) is 12.6. The minimum Gasteiger partial charge on any atom is -0.493 e. The van der Waals surface area contributed by atoms with Gasteiger partial charge in [-0.1, -0.05) is 12.1 Å². The average Bonchev–Trinajstić information content (AvgIpc) is 3.06. The van der Waals surface area contributed by atoms with Crippen molar-refractivity contribution in [3.05, 3.63) is 70.5 Å². The topological polar surface area (TPSA) is 65.4 Å². The van der Waals surface area contributed by atoms with Gasteiger partial charge in [0.25, 0.3) is 0 Å². The van der Waals surface area contributed by atoms with Gasteiger partial charge in [0.15, 0.2) is 11.5 Å². The lowest BCUT2D eigenvalue weighted by atomic mass is 10.1. The summed E-state index contributed by atoms with van der Waals surface area (Å²) >= 11 is 0. The predicted octanol–water partition coefficient (Wildman–Crippen LogP) is 4.77. The molecule has 2 aromatic carbocycles. The summed E-state index contributed by atoms with van der Waals surface area (Å²) in [5.74, 6) is 0.985. The third kappa shape index (κ3) is 5.66. The number of carbonyl (C=O) groups is 1. The fourth-order valence-electron chi connectivity index (χ4n) is 3.52. The van der Waals surface area contributed by atoms with Gasteiger partial charge in [0.2, 0.25) is 5.91 Å². The molecule has 0 spiro atoms.